The van der Waals surface area contributed by atoms with Crippen molar-refractivity contribution in [2.24, 2.45) is 0 Å². The number of nitrogens with one attached hydrogen (secondary N) is 1. The molecular formula is C15H20N2O4S. The number of nitrogens with zero attached hydrogens (tertiary/aromatic N) is 1. The Morgan fingerprint density at radius 2 is 1.82 bits per heavy atom. The van der Waals surface area contributed by atoms with E-state index in [1.54, 1.807) is 12.1 Å². The number of benzene rings is 1. The average molecular weight is 324 g/mol. The predicted octanol–water partition coefficient (Wildman–Crippen LogP) is 1.18. The van der Waals surface area contributed by atoms with Crippen molar-refractivity contribution < 1.29 is 18.0 Å². The summed E-state index contributed by atoms with van der Waals surface area (Å²) in [5.74, 6) is -0.267. The maximum absolute atomic E-state index is 12.6. The molecular weight excluding hydrogens is 304 g/mol. The number of amides is 1. The van der Waals surface area contributed by atoms with Crippen LogP contribution in [0.5, 0.6) is 0 Å². The summed E-state index contributed by atoms with van der Waals surface area (Å²) in [6.45, 7) is 3.58. The van der Waals surface area contributed by atoms with E-state index in [0.29, 0.717) is 31.5 Å². The molecule has 1 aromatic rings. The fraction of sp³-hybridized carbons (Fsp3) is 0.467. The van der Waals surface area contributed by atoms with Gasteiger partial charge in [-0.1, -0.05) is 12.1 Å². The van der Waals surface area contributed by atoms with Crippen LogP contribution in [0.1, 0.15) is 37.0 Å². The van der Waals surface area contributed by atoms with Crippen LogP contribution in [0.2, 0.25) is 0 Å². The van der Waals surface area contributed by atoms with Crippen molar-refractivity contribution in [2.75, 3.05) is 13.1 Å². The topological polar surface area (TPSA) is 83.6 Å². The third-order valence-corrected chi connectivity index (χ3v) is 5.63. The Bertz CT molecular complexity index is 677. The summed E-state index contributed by atoms with van der Waals surface area (Å²) >= 11 is 0. The molecule has 0 aliphatic carbocycles. The van der Waals surface area contributed by atoms with Gasteiger partial charge in [0.15, 0.2) is 5.78 Å². The molecule has 1 amide bonds. The van der Waals surface area contributed by atoms with E-state index in [9.17, 15) is 18.0 Å². The highest BCUT2D eigenvalue weighted by molar-refractivity contribution is 7.89. The van der Waals surface area contributed by atoms with Crippen molar-refractivity contribution >= 4 is 21.7 Å². The Kier molecular flexibility index (Phi) is 4.97. The Hall–Kier alpha value is -1.73. The lowest BCUT2D eigenvalue weighted by molar-refractivity contribution is -0.119. The fourth-order valence-electron chi connectivity index (χ4n) is 2.55. The first-order valence-electron chi connectivity index (χ1n) is 7.19. The van der Waals surface area contributed by atoms with Gasteiger partial charge >= 0.3 is 0 Å². The van der Waals surface area contributed by atoms with Crippen molar-refractivity contribution in [3.8, 4) is 0 Å². The van der Waals surface area contributed by atoms with Gasteiger partial charge < -0.3 is 5.32 Å². The number of carbonyl (C=O) groups excluding carboxylic acids is 2. The molecule has 1 aliphatic heterocycles. The lowest BCUT2D eigenvalue weighted by Crippen LogP contribution is -2.46. The van der Waals surface area contributed by atoms with Crippen LogP contribution in [0.4, 0.5) is 0 Å². The van der Waals surface area contributed by atoms with Gasteiger partial charge in [0, 0.05) is 31.6 Å². The van der Waals surface area contributed by atoms with Crippen LogP contribution in [-0.4, -0.2) is 43.5 Å². The van der Waals surface area contributed by atoms with Gasteiger partial charge in [0.1, 0.15) is 0 Å². The predicted molar refractivity (Wildman–Crippen MR) is 82.0 cm³/mol. The zero-order valence-corrected chi connectivity index (χ0v) is 13.5. The van der Waals surface area contributed by atoms with Crippen LogP contribution < -0.4 is 5.32 Å². The molecule has 1 aliphatic rings. The van der Waals surface area contributed by atoms with E-state index in [4.69, 9.17) is 0 Å². The highest BCUT2D eigenvalue weighted by atomic mass is 32.2. The van der Waals surface area contributed by atoms with Gasteiger partial charge in [-0.2, -0.15) is 4.31 Å². The van der Waals surface area contributed by atoms with Crippen LogP contribution in [0.15, 0.2) is 29.2 Å². The largest absolute Gasteiger partial charge is 0.354 e. The van der Waals surface area contributed by atoms with Gasteiger partial charge in [0.05, 0.1) is 4.90 Å². The molecule has 0 spiro atoms. The van der Waals surface area contributed by atoms with E-state index >= 15 is 0 Å². The minimum Gasteiger partial charge on any atom is -0.354 e. The highest BCUT2D eigenvalue weighted by Gasteiger charge is 2.29. The minimum absolute atomic E-state index is 0.0208. The highest BCUT2D eigenvalue weighted by Crippen LogP contribution is 2.21. The van der Waals surface area contributed by atoms with Crippen molar-refractivity contribution in [1.82, 2.24) is 9.62 Å². The molecule has 0 aromatic heterocycles. The zero-order valence-electron chi connectivity index (χ0n) is 12.7. The number of hydrogen-bond donors (Lipinski definition) is 1. The molecule has 0 radical (unpaired) electrons. The Balaban J connectivity index is 2.13. The number of rotatable bonds is 4. The summed E-state index contributed by atoms with van der Waals surface area (Å²) in [4.78, 5) is 22.6. The van der Waals surface area contributed by atoms with Crippen molar-refractivity contribution in [3.63, 3.8) is 0 Å². The standard InChI is InChI=1S/C15H20N2O4S/c1-11(18)13-4-3-5-15(10-13)22(20,21)17-8-6-14(7-9-17)16-12(2)19/h3-5,10,14H,6-9H2,1-2H3,(H,16,19). The van der Waals surface area contributed by atoms with E-state index in [-0.39, 0.29) is 22.6 Å². The molecule has 0 atom stereocenters. The normalized spacial score (nSPS) is 17.2. The van der Waals surface area contributed by atoms with Gasteiger partial charge in [0.25, 0.3) is 0 Å². The van der Waals surface area contributed by atoms with Crippen LogP contribution >= 0.6 is 0 Å². The summed E-state index contributed by atoms with van der Waals surface area (Å²) in [5.41, 5.74) is 0.384. The lowest BCUT2D eigenvalue weighted by atomic mass is 10.1. The SMILES string of the molecule is CC(=O)NC1CCN(S(=O)(=O)c2cccc(C(C)=O)c2)CC1. The monoisotopic (exact) mass is 324 g/mol. The van der Waals surface area contributed by atoms with Gasteiger partial charge in [-0.05, 0) is 31.9 Å². The van der Waals surface area contributed by atoms with Gasteiger partial charge in [-0.3, -0.25) is 9.59 Å². The summed E-state index contributed by atoms with van der Waals surface area (Å²) < 4.78 is 26.6. The van der Waals surface area contributed by atoms with Crippen LogP contribution in [0.3, 0.4) is 0 Å². The third kappa shape index (κ3) is 3.72. The van der Waals surface area contributed by atoms with Gasteiger partial charge in [-0.25, -0.2) is 8.42 Å². The third-order valence-electron chi connectivity index (χ3n) is 3.74. The maximum atomic E-state index is 12.6. The van der Waals surface area contributed by atoms with Crippen molar-refractivity contribution in [2.45, 2.75) is 37.6 Å². The number of carbonyl (C=O) groups is 2. The Morgan fingerprint density at radius 3 is 2.36 bits per heavy atom. The van der Waals surface area contributed by atoms with Crippen molar-refractivity contribution in [3.05, 3.63) is 29.8 Å². The second kappa shape index (κ2) is 6.58. The molecule has 1 saturated heterocycles. The van der Waals surface area contributed by atoms with E-state index in [1.165, 1.54) is 30.3 Å². The fourth-order valence-corrected chi connectivity index (χ4v) is 4.07. The van der Waals surface area contributed by atoms with E-state index < -0.39 is 10.0 Å². The number of sulfonamides is 1. The second-order valence-corrected chi connectivity index (χ2v) is 7.40. The van der Waals surface area contributed by atoms with Crippen LogP contribution in [0, 0.1) is 0 Å². The molecule has 120 valence electrons. The Labute approximate surface area is 130 Å². The summed E-state index contributed by atoms with van der Waals surface area (Å²) in [5, 5.41) is 2.81. The zero-order chi connectivity index (χ0) is 16.3. The maximum Gasteiger partial charge on any atom is 0.243 e. The first-order valence-corrected chi connectivity index (χ1v) is 8.63. The summed E-state index contributed by atoms with van der Waals surface area (Å²) in [6, 6.07) is 6.12. The lowest BCUT2D eigenvalue weighted by Gasteiger charge is -2.31. The molecule has 1 fully saturated rings. The van der Waals surface area contributed by atoms with E-state index in [2.05, 4.69) is 5.32 Å². The molecule has 0 saturated carbocycles. The number of ketones is 1. The van der Waals surface area contributed by atoms with Crippen LogP contribution in [-0.2, 0) is 14.8 Å². The first-order chi connectivity index (χ1) is 10.3. The molecule has 0 unspecified atom stereocenters. The number of Topliss-reactive ketones (excluding diaryl/α,β-unsaturated/α-hetero) is 1. The quantitative estimate of drug-likeness (QED) is 0.843. The summed E-state index contributed by atoms with van der Waals surface area (Å²) in [7, 11) is -3.60. The molecule has 1 N–H and O–H groups in total. The Morgan fingerprint density at radius 1 is 1.18 bits per heavy atom. The minimum atomic E-state index is -3.60. The van der Waals surface area contributed by atoms with E-state index in [0.717, 1.165) is 0 Å². The number of hydrogen-bond acceptors (Lipinski definition) is 4. The first kappa shape index (κ1) is 16.6. The van der Waals surface area contributed by atoms with Crippen molar-refractivity contribution in [1.29, 1.82) is 0 Å². The van der Waals surface area contributed by atoms with Crippen LogP contribution in [0.25, 0.3) is 0 Å². The molecule has 6 nitrogen and oxygen atoms in total. The second-order valence-electron chi connectivity index (χ2n) is 5.46. The summed E-state index contributed by atoms with van der Waals surface area (Å²) in [6.07, 6.45) is 1.18. The van der Waals surface area contributed by atoms with E-state index in [1.807, 2.05) is 0 Å². The number of piperidine rings is 1. The molecule has 1 aromatic carbocycles. The molecule has 1 heterocycles. The van der Waals surface area contributed by atoms with Gasteiger partial charge in [0.2, 0.25) is 15.9 Å². The smallest absolute Gasteiger partial charge is 0.243 e. The average Bonchev–Trinajstić information content (AvgIpc) is 2.47. The molecule has 7 heteroatoms. The molecule has 22 heavy (non-hydrogen) atoms. The van der Waals surface area contributed by atoms with Gasteiger partial charge in [-0.15, -0.1) is 0 Å². The molecule has 2 rings (SSSR count). The molecule has 0 bridgehead atoms.